The highest BCUT2D eigenvalue weighted by molar-refractivity contribution is 6.03. The van der Waals surface area contributed by atoms with Crippen LogP contribution in [0.15, 0.2) is 65.8 Å². The number of rotatable bonds is 5. The average Bonchev–Trinajstić information content (AvgIpc) is 3.06. The first kappa shape index (κ1) is 15.9. The Balaban J connectivity index is 1.88. The topological polar surface area (TPSA) is 70.0 Å². The number of amides is 1. The number of hydrogen-bond donors (Lipinski definition) is 1. The van der Waals surface area contributed by atoms with Crippen LogP contribution in [-0.2, 0) is 9.59 Å². The first-order chi connectivity index (χ1) is 11.6. The van der Waals surface area contributed by atoms with Crippen molar-refractivity contribution < 1.29 is 14.7 Å². The van der Waals surface area contributed by atoms with Crippen molar-refractivity contribution in [2.45, 2.75) is 25.3 Å². The third-order valence-corrected chi connectivity index (χ3v) is 4.01. The van der Waals surface area contributed by atoms with E-state index in [1.54, 1.807) is 0 Å². The average molecular weight is 322 g/mol. The molecule has 0 fully saturated rings. The number of carboxylic acid groups (broad SMARTS) is 1. The minimum Gasteiger partial charge on any atom is -0.481 e. The van der Waals surface area contributed by atoms with Gasteiger partial charge in [0, 0.05) is 12.8 Å². The zero-order chi connectivity index (χ0) is 16.9. The Morgan fingerprint density at radius 1 is 1.00 bits per heavy atom. The van der Waals surface area contributed by atoms with Gasteiger partial charge < -0.3 is 5.11 Å². The van der Waals surface area contributed by atoms with Gasteiger partial charge in [-0.25, -0.2) is 5.01 Å². The van der Waals surface area contributed by atoms with Crippen LogP contribution < -0.4 is 0 Å². The second-order valence-corrected chi connectivity index (χ2v) is 5.68. The zero-order valence-electron chi connectivity index (χ0n) is 13.1. The van der Waals surface area contributed by atoms with E-state index in [9.17, 15) is 9.59 Å². The quantitative estimate of drug-likeness (QED) is 0.919. The van der Waals surface area contributed by atoms with E-state index in [2.05, 4.69) is 5.10 Å². The van der Waals surface area contributed by atoms with Crippen LogP contribution in [0.3, 0.4) is 0 Å². The molecule has 1 unspecified atom stereocenters. The Kier molecular flexibility index (Phi) is 4.70. The minimum atomic E-state index is -0.980. The maximum absolute atomic E-state index is 12.5. The van der Waals surface area contributed by atoms with Crippen LogP contribution in [0.1, 0.15) is 36.4 Å². The Bertz CT molecular complexity index is 757. The van der Waals surface area contributed by atoms with E-state index < -0.39 is 5.97 Å². The lowest BCUT2D eigenvalue weighted by Crippen LogP contribution is -2.27. The van der Waals surface area contributed by atoms with Gasteiger partial charge in [-0.3, -0.25) is 9.59 Å². The van der Waals surface area contributed by atoms with Crippen molar-refractivity contribution in [1.82, 2.24) is 5.01 Å². The van der Waals surface area contributed by atoms with Gasteiger partial charge in [0.05, 0.1) is 18.2 Å². The number of carbonyl (C=O) groups excluding carboxylic acids is 1. The second kappa shape index (κ2) is 7.08. The van der Waals surface area contributed by atoms with E-state index in [0.717, 1.165) is 16.8 Å². The third kappa shape index (κ3) is 3.51. The van der Waals surface area contributed by atoms with Gasteiger partial charge in [-0.1, -0.05) is 60.7 Å². The molecule has 0 saturated heterocycles. The third-order valence-electron chi connectivity index (χ3n) is 4.01. The molecule has 0 aliphatic carbocycles. The molecule has 0 spiro atoms. The van der Waals surface area contributed by atoms with Crippen LogP contribution >= 0.6 is 0 Å². The Morgan fingerprint density at radius 2 is 1.62 bits per heavy atom. The number of aliphatic carboxylic acids is 1. The summed E-state index contributed by atoms with van der Waals surface area (Å²) in [7, 11) is 0. The number of hydrogen-bond acceptors (Lipinski definition) is 3. The van der Waals surface area contributed by atoms with Gasteiger partial charge in [0.1, 0.15) is 0 Å². The van der Waals surface area contributed by atoms with Gasteiger partial charge in [-0.2, -0.15) is 5.10 Å². The van der Waals surface area contributed by atoms with Crippen molar-refractivity contribution in [2.24, 2.45) is 5.10 Å². The molecule has 1 N–H and O–H groups in total. The summed E-state index contributed by atoms with van der Waals surface area (Å²) in [6.07, 6.45) is 0.379. The molecule has 2 aromatic rings. The van der Waals surface area contributed by atoms with Crippen LogP contribution in [0.2, 0.25) is 0 Å². The summed E-state index contributed by atoms with van der Waals surface area (Å²) in [4.78, 5) is 23.2. The number of carboxylic acids is 1. The maximum Gasteiger partial charge on any atom is 0.303 e. The fraction of sp³-hybridized carbons (Fsp3) is 0.211. The number of benzene rings is 2. The van der Waals surface area contributed by atoms with Crippen LogP contribution in [0.4, 0.5) is 0 Å². The van der Waals surface area contributed by atoms with Crippen molar-refractivity contribution in [1.29, 1.82) is 0 Å². The molecule has 0 radical (unpaired) electrons. The molecular formula is C19H18N2O3. The molecule has 0 aromatic heterocycles. The summed E-state index contributed by atoms with van der Waals surface area (Å²) in [5.41, 5.74) is 2.82. The summed E-state index contributed by atoms with van der Waals surface area (Å²) in [5, 5.41) is 14.8. The van der Waals surface area contributed by atoms with Gasteiger partial charge >= 0.3 is 5.97 Å². The molecule has 5 nitrogen and oxygen atoms in total. The highest BCUT2D eigenvalue weighted by atomic mass is 16.4. The van der Waals surface area contributed by atoms with Gasteiger partial charge in [0.25, 0.3) is 0 Å². The van der Waals surface area contributed by atoms with E-state index in [4.69, 9.17) is 5.11 Å². The normalized spacial score (nSPS) is 16.8. The second-order valence-electron chi connectivity index (χ2n) is 5.68. The van der Waals surface area contributed by atoms with Crippen molar-refractivity contribution in [3.8, 4) is 0 Å². The molecule has 0 saturated carbocycles. The predicted molar refractivity (Wildman–Crippen MR) is 90.5 cm³/mol. The molecule has 3 rings (SSSR count). The molecule has 122 valence electrons. The lowest BCUT2D eigenvalue weighted by Gasteiger charge is -2.21. The van der Waals surface area contributed by atoms with Crippen molar-refractivity contribution in [2.75, 3.05) is 0 Å². The smallest absolute Gasteiger partial charge is 0.303 e. The summed E-state index contributed by atoms with van der Waals surface area (Å²) in [5.74, 6) is -1.25. The molecule has 0 bridgehead atoms. The summed E-state index contributed by atoms with van der Waals surface area (Å²) in [6.45, 7) is 0. The fourth-order valence-electron chi connectivity index (χ4n) is 2.81. The lowest BCUT2D eigenvalue weighted by atomic mass is 9.98. The van der Waals surface area contributed by atoms with Gasteiger partial charge in [-0.15, -0.1) is 0 Å². The number of nitrogens with zero attached hydrogens (tertiary/aromatic N) is 2. The molecule has 1 aliphatic rings. The Morgan fingerprint density at radius 3 is 2.25 bits per heavy atom. The monoisotopic (exact) mass is 322 g/mol. The molecular weight excluding hydrogens is 304 g/mol. The van der Waals surface area contributed by atoms with E-state index in [-0.39, 0.29) is 24.8 Å². The highest BCUT2D eigenvalue weighted by Crippen LogP contribution is 2.33. The largest absolute Gasteiger partial charge is 0.481 e. The van der Waals surface area contributed by atoms with Crippen molar-refractivity contribution >= 4 is 17.6 Å². The summed E-state index contributed by atoms with van der Waals surface area (Å²) < 4.78 is 0. The number of hydrazone groups is 1. The Hall–Kier alpha value is -2.95. The predicted octanol–water partition coefficient (Wildman–Crippen LogP) is 3.23. The van der Waals surface area contributed by atoms with Crippen LogP contribution in [0, 0.1) is 0 Å². The van der Waals surface area contributed by atoms with E-state index in [1.165, 1.54) is 5.01 Å². The van der Waals surface area contributed by atoms with Crippen molar-refractivity contribution in [3.63, 3.8) is 0 Å². The maximum atomic E-state index is 12.5. The van der Waals surface area contributed by atoms with Gasteiger partial charge in [0.2, 0.25) is 5.91 Å². The molecule has 24 heavy (non-hydrogen) atoms. The van der Waals surface area contributed by atoms with Gasteiger partial charge in [0.15, 0.2) is 0 Å². The summed E-state index contributed by atoms with van der Waals surface area (Å²) >= 11 is 0. The van der Waals surface area contributed by atoms with Crippen LogP contribution in [0.5, 0.6) is 0 Å². The van der Waals surface area contributed by atoms with E-state index in [0.29, 0.717) is 6.42 Å². The van der Waals surface area contributed by atoms with Crippen LogP contribution in [0.25, 0.3) is 0 Å². The molecule has 5 heteroatoms. The van der Waals surface area contributed by atoms with Crippen molar-refractivity contribution in [3.05, 3.63) is 71.8 Å². The molecule has 1 heterocycles. The standard InChI is InChI=1S/C19H18N2O3/c22-18(11-12-19(23)24)21-17(15-9-5-2-6-10-15)13-16(20-21)14-7-3-1-4-8-14/h1-10,17H,11-13H2,(H,23,24). The lowest BCUT2D eigenvalue weighted by molar-refractivity contribution is -0.141. The zero-order valence-corrected chi connectivity index (χ0v) is 13.1. The van der Waals surface area contributed by atoms with Gasteiger partial charge in [-0.05, 0) is 11.1 Å². The molecule has 2 aromatic carbocycles. The first-order valence-corrected chi connectivity index (χ1v) is 7.87. The SMILES string of the molecule is O=C(O)CCC(=O)N1N=C(c2ccccc2)CC1c1ccccc1. The number of carbonyl (C=O) groups is 2. The molecule has 1 amide bonds. The molecule has 1 atom stereocenters. The van der Waals surface area contributed by atoms with Crippen LogP contribution in [-0.4, -0.2) is 27.7 Å². The van der Waals surface area contributed by atoms with E-state index >= 15 is 0 Å². The minimum absolute atomic E-state index is 0.0514. The Labute approximate surface area is 140 Å². The highest BCUT2D eigenvalue weighted by Gasteiger charge is 2.32. The fourth-order valence-corrected chi connectivity index (χ4v) is 2.81. The van der Waals surface area contributed by atoms with E-state index in [1.807, 2.05) is 60.7 Å². The summed E-state index contributed by atoms with van der Waals surface area (Å²) in [6, 6.07) is 19.2. The molecule has 1 aliphatic heterocycles. The first-order valence-electron chi connectivity index (χ1n) is 7.87.